The Kier molecular flexibility index (Phi) is 3.06. The molecule has 0 saturated heterocycles. The number of carbonyl (C=O) groups is 1. The zero-order valence-corrected chi connectivity index (χ0v) is 6.65. The quantitative estimate of drug-likeness (QED) is 0.658. The van der Waals surface area contributed by atoms with Crippen LogP contribution in [0.4, 0.5) is 4.79 Å². The van der Waals surface area contributed by atoms with Crippen LogP contribution in [0.3, 0.4) is 0 Å². The molecule has 1 rings (SSSR count). The molecule has 1 N–H and O–H groups in total. The molecule has 6 nitrogen and oxygen atoms in total. The van der Waals surface area contributed by atoms with Gasteiger partial charge in [-0.05, 0) is 0 Å². The van der Waals surface area contributed by atoms with Crippen molar-refractivity contribution in [3.05, 3.63) is 12.7 Å². The third-order valence-corrected chi connectivity index (χ3v) is 1.23. The molecule has 0 aliphatic rings. The van der Waals surface area contributed by atoms with E-state index >= 15 is 0 Å². The molecule has 0 spiro atoms. The number of rotatable bonds is 3. The first kappa shape index (κ1) is 8.51. The predicted molar refractivity (Wildman–Crippen MR) is 39.3 cm³/mol. The van der Waals surface area contributed by atoms with Crippen molar-refractivity contribution in [2.75, 3.05) is 13.7 Å². The number of nitrogens with zero attached hydrogens (tertiary/aromatic N) is 3. The highest BCUT2D eigenvalue weighted by atomic mass is 16.5. The fraction of sp³-hybridized carbons (Fsp3) is 0.500. The minimum Gasteiger partial charge on any atom is -0.453 e. The predicted octanol–water partition coefficient (Wildman–Crippen LogP) is -0.566. The number of hydrogen-bond donors (Lipinski definition) is 1. The van der Waals surface area contributed by atoms with Crippen molar-refractivity contribution in [3.63, 3.8) is 0 Å². The lowest BCUT2D eigenvalue weighted by Gasteiger charge is -2.02. The first-order valence-electron chi connectivity index (χ1n) is 3.40. The molecule has 0 bridgehead atoms. The molecule has 0 fully saturated rings. The molecule has 1 aromatic heterocycles. The van der Waals surface area contributed by atoms with Gasteiger partial charge in [0.15, 0.2) is 0 Å². The number of aromatic nitrogens is 3. The van der Waals surface area contributed by atoms with E-state index < -0.39 is 6.09 Å². The van der Waals surface area contributed by atoms with Gasteiger partial charge in [0.1, 0.15) is 6.33 Å². The Labute approximate surface area is 69.5 Å². The van der Waals surface area contributed by atoms with Crippen LogP contribution >= 0.6 is 0 Å². The smallest absolute Gasteiger partial charge is 0.406 e. The number of nitrogens with one attached hydrogen (secondary N) is 1. The van der Waals surface area contributed by atoms with Crippen LogP contribution in [-0.4, -0.2) is 34.5 Å². The van der Waals surface area contributed by atoms with Gasteiger partial charge in [0.25, 0.3) is 0 Å². The van der Waals surface area contributed by atoms with Crippen molar-refractivity contribution in [1.82, 2.24) is 20.1 Å². The second-order valence-corrected chi connectivity index (χ2v) is 2.04. The molecule has 0 aromatic carbocycles. The summed E-state index contributed by atoms with van der Waals surface area (Å²) >= 11 is 0. The molecular weight excluding hydrogens is 160 g/mol. The fourth-order valence-corrected chi connectivity index (χ4v) is 0.656. The minimum absolute atomic E-state index is 0.442. The Morgan fingerprint density at radius 1 is 1.83 bits per heavy atom. The van der Waals surface area contributed by atoms with Crippen molar-refractivity contribution >= 4 is 6.09 Å². The molecule has 0 saturated carbocycles. The van der Waals surface area contributed by atoms with Crippen LogP contribution < -0.4 is 5.32 Å². The Hall–Kier alpha value is -1.59. The van der Waals surface area contributed by atoms with Gasteiger partial charge in [0.05, 0.1) is 7.11 Å². The Morgan fingerprint density at radius 3 is 3.25 bits per heavy atom. The second-order valence-electron chi connectivity index (χ2n) is 2.04. The van der Waals surface area contributed by atoms with Gasteiger partial charge >= 0.3 is 6.09 Å². The summed E-state index contributed by atoms with van der Waals surface area (Å²) in [6.45, 7) is 1.06. The number of alkyl carbamates (subject to hydrolysis) is 1. The highest BCUT2D eigenvalue weighted by Crippen LogP contribution is 1.79. The lowest BCUT2D eigenvalue weighted by Crippen LogP contribution is -2.26. The molecule has 1 heterocycles. The number of ether oxygens (including phenoxy) is 1. The largest absolute Gasteiger partial charge is 0.453 e. The standard InChI is InChI=1S/C6H9N4O2/c1-12-6(11)7-2-3-10-4-8-9-5-10/h4H,2-3H2,1H3,(H,7,11). The average molecular weight is 169 g/mol. The first-order valence-corrected chi connectivity index (χ1v) is 3.40. The Bertz CT molecular complexity index is 234. The van der Waals surface area contributed by atoms with E-state index in [0.717, 1.165) is 0 Å². The van der Waals surface area contributed by atoms with Gasteiger partial charge in [-0.3, -0.25) is 0 Å². The number of methoxy groups -OCH3 is 1. The SMILES string of the molecule is COC(=O)NCCn1[c]nnc1. The maximum atomic E-state index is 10.6. The fourth-order valence-electron chi connectivity index (χ4n) is 0.656. The summed E-state index contributed by atoms with van der Waals surface area (Å²) in [4.78, 5) is 10.6. The second kappa shape index (κ2) is 4.32. The van der Waals surface area contributed by atoms with E-state index in [1.165, 1.54) is 13.4 Å². The molecule has 65 valence electrons. The molecule has 6 heteroatoms. The van der Waals surface area contributed by atoms with Crippen molar-refractivity contribution < 1.29 is 9.53 Å². The van der Waals surface area contributed by atoms with Gasteiger partial charge in [-0.1, -0.05) is 0 Å². The summed E-state index contributed by atoms with van der Waals surface area (Å²) in [6, 6.07) is 0. The molecule has 0 aliphatic heterocycles. The summed E-state index contributed by atoms with van der Waals surface area (Å²) in [6.07, 6.45) is 3.68. The lowest BCUT2D eigenvalue weighted by atomic mass is 10.6. The van der Waals surface area contributed by atoms with Crippen LogP contribution in [0.5, 0.6) is 0 Å². The van der Waals surface area contributed by atoms with E-state index in [1.54, 1.807) is 4.57 Å². The molecule has 0 unspecified atom stereocenters. The van der Waals surface area contributed by atoms with Crippen molar-refractivity contribution in [2.24, 2.45) is 0 Å². The molecule has 12 heavy (non-hydrogen) atoms. The number of amides is 1. The average Bonchev–Trinajstić information content (AvgIpc) is 2.57. The number of carbonyl (C=O) groups excluding carboxylic acids is 1. The van der Waals surface area contributed by atoms with Crippen LogP contribution in [-0.2, 0) is 11.3 Å². The van der Waals surface area contributed by atoms with Crippen LogP contribution in [0.1, 0.15) is 0 Å². The zero-order valence-electron chi connectivity index (χ0n) is 6.65. The zero-order chi connectivity index (χ0) is 8.81. The lowest BCUT2D eigenvalue weighted by molar-refractivity contribution is 0.170. The summed E-state index contributed by atoms with van der Waals surface area (Å²) in [5.74, 6) is 0. The van der Waals surface area contributed by atoms with Crippen LogP contribution in [0.15, 0.2) is 6.33 Å². The highest BCUT2D eigenvalue weighted by molar-refractivity contribution is 5.66. The summed E-state index contributed by atoms with van der Waals surface area (Å²) in [7, 11) is 1.32. The van der Waals surface area contributed by atoms with Gasteiger partial charge in [-0.15, -0.1) is 10.2 Å². The first-order chi connectivity index (χ1) is 5.83. The van der Waals surface area contributed by atoms with Crippen LogP contribution in [0.2, 0.25) is 0 Å². The molecule has 0 atom stereocenters. The molecule has 1 aromatic rings. The van der Waals surface area contributed by atoms with Gasteiger partial charge in [0, 0.05) is 13.1 Å². The van der Waals surface area contributed by atoms with Gasteiger partial charge in [-0.2, -0.15) is 0 Å². The van der Waals surface area contributed by atoms with E-state index in [-0.39, 0.29) is 0 Å². The normalized spacial score (nSPS) is 9.42. The topological polar surface area (TPSA) is 69.0 Å². The highest BCUT2D eigenvalue weighted by Gasteiger charge is 1.96. The Morgan fingerprint density at radius 2 is 2.67 bits per heavy atom. The van der Waals surface area contributed by atoms with Crippen molar-refractivity contribution in [3.8, 4) is 0 Å². The summed E-state index contributed by atoms with van der Waals surface area (Å²) < 4.78 is 6.00. The van der Waals surface area contributed by atoms with Crippen LogP contribution in [0.25, 0.3) is 0 Å². The minimum atomic E-state index is -0.442. The number of hydrogen-bond acceptors (Lipinski definition) is 4. The summed E-state index contributed by atoms with van der Waals surface area (Å²) in [5, 5.41) is 9.55. The van der Waals surface area contributed by atoms with Crippen molar-refractivity contribution in [1.29, 1.82) is 0 Å². The van der Waals surface area contributed by atoms with Crippen LogP contribution in [0, 0.1) is 6.33 Å². The maximum Gasteiger partial charge on any atom is 0.406 e. The van der Waals surface area contributed by atoms with E-state index in [9.17, 15) is 4.79 Å². The molecule has 1 radical (unpaired) electrons. The monoisotopic (exact) mass is 169 g/mol. The molecule has 0 aliphatic carbocycles. The van der Waals surface area contributed by atoms with E-state index in [1.807, 2.05) is 0 Å². The molecular formula is C6H9N4O2. The van der Waals surface area contributed by atoms with E-state index in [2.05, 4.69) is 26.6 Å². The third kappa shape index (κ3) is 2.57. The van der Waals surface area contributed by atoms with Gasteiger partial charge in [0.2, 0.25) is 6.33 Å². The summed E-state index contributed by atoms with van der Waals surface area (Å²) in [5.41, 5.74) is 0. The Balaban J connectivity index is 2.15. The van der Waals surface area contributed by atoms with Gasteiger partial charge in [-0.25, -0.2) is 4.79 Å². The van der Waals surface area contributed by atoms with Crippen molar-refractivity contribution in [2.45, 2.75) is 6.54 Å². The molecule has 1 amide bonds. The maximum absolute atomic E-state index is 10.6. The van der Waals surface area contributed by atoms with E-state index in [4.69, 9.17) is 0 Å². The third-order valence-electron chi connectivity index (χ3n) is 1.23. The van der Waals surface area contributed by atoms with E-state index in [0.29, 0.717) is 13.1 Å². The van der Waals surface area contributed by atoms with Gasteiger partial charge < -0.3 is 14.6 Å².